The minimum absolute atomic E-state index is 0.0581. The summed E-state index contributed by atoms with van der Waals surface area (Å²) in [7, 11) is 0. The number of nitrogens with one attached hydrogen (secondary N) is 1. The van der Waals surface area contributed by atoms with Crippen molar-refractivity contribution in [1.29, 1.82) is 0 Å². The first-order valence-corrected chi connectivity index (χ1v) is 8.81. The number of nitro benzene ring substituents is 1. The minimum Gasteiger partial charge on any atom is -0.444 e. The first kappa shape index (κ1) is 20.6. The van der Waals surface area contributed by atoms with E-state index in [1.165, 1.54) is 18.2 Å². The summed E-state index contributed by atoms with van der Waals surface area (Å²) in [5.74, 6) is -0.637. The SMILES string of the molecule is CC(C)(C)OC(=O)N1CCN(C(=S)NC(=O)c2ccccc2[N+](=O)[O-])CC1. The molecule has 0 aliphatic carbocycles. The number of piperazine rings is 1. The van der Waals surface area contributed by atoms with Crippen LogP contribution in [0.3, 0.4) is 0 Å². The van der Waals surface area contributed by atoms with Gasteiger partial charge in [0.15, 0.2) is 5.11 Å². The molecule has 27 heavy (non-hydrogen) atoms. The van der Waals surface area contributed by atoms with Crippen LogP contribution in [-0.4, -0.2) is 63.6 Å². The molecular formula is C17H22N4O5S. The zero-order valence-electron chi connectivity index (χ0n) is 15.4. The zero-order valence-corrected chi connectivity index (χ0v) is 16.2. The first-order valence-electron chi connectivity index (χ1n) is 8.40. The number of hydrogen-bond acceptors (Lipinski definition) is 6. The molecule has 0 radical (unpaired) electrons. The fraction of sp³-hybridized carbons (Fsp3) is 0.471. The summed E-state index contributed by atoms with van der Waals surface area (Å²) in [6.07, 6.45) is -0.392. The molecule has 0 saturated carbocycles. The van der Waals surface area contributed by atoms with Crippen LogP contribution >= 0.6 is 12.2 Å². The normalized spacial score (nSPS) is 14.5. The van der Waals surface area contributed by atoms with Crippen LogP contribution in [-0.2, 0) is 4.74 Å². The molecule has 0 bridgehead atoms. The quantitative estimate of drug-likeness (QED) is 0.465. The Kier molecular flexibility index (Phi) is 6.32. The van der Waals surface area contributed by atoms with E-state index in [9.17, 15) is 19.7 Å². The van der Waals surface area contributed by atoms with Crippen LogP contribution in [0.4, 0.5) is 10.5 Å². The Morgan fingerprint density at radius 3 is 2.26 bits per heavy atom. The van der Waals surface area contributed by atoms with Crippen molar-refractivity contribution in [3.05, 3.63) is 39.9 Å². The second-order valence-electron chi connectivity index (χ2n) is 6.99. The fourth-order valence-electron chi connectivity index (χ4n) is 2.49. The fourth-order valence-corrected chi connectivity index (χ4v) is 2.76. The molecule has 1 heterocycles. The van der Waals surface area contributed by atoms with Crippen LogP contribution in [0.1, 0.15) is 31.1 Å². The molecule has 1 aromatic carbocycles. The Balaban J connectivity index is 1.92. The van der Waals surface area contributed by atoms with Crippen molar-refractivity contribution in [3.63, 3.8) is 0 Å². The summed E-state index contributed by atoms with van der Waals surface area (Å²) in [6, 6.07) is 5.67. The van der Waals surface area contributed by atoms with Crippen LogP contribution in [0.15, 0.2) is 24.3 Å². The van der Waals surface area contributed by atoms with E-state index >= 15 is 0 Å². The maximum absolute atomic E-state index is 12.3. The monoisotopic (exact) mass is 394 g/mol. The van der Waals surface area contributed by atoms with Gasteiger partial charge < -0.3 is 14.5 Å². The third-order valence-electron chi connectivity index (χ3n) is 3.78. The lowest BCUT2D eigenvalue weighted by Gasteiger charge is -2.36. The zero-order chi connectivity index (χ0) is 20.2. The number of amides is 2. The molecule has 1 aromatic rings. The summed E-state index contributed by atoms with van der Waals surface area (Å²) in [4.78, 5) is 38.2. The van der Waals surface area contributed by atoms with Crippen LogP contribution in [0.2, 0.25) is 0 Å². The van der Waals surface area contributed by atoms with Crippen LogP contribution in [0.25, 0.3) is 0 Å². The van der Waals surface area contributed by atoms with E-state index in [1.807, 2.05) is 0 Å². The second-order valence-corrected chi connectivity index (χ2v) is 7.37. The molecule has 0 aromatic heterocycles. The molecule has 1 fully saturated rings. The number of nitrogens with zero attached hydrogens (tertiary/aromatic N) is 3. The molecular weight excluding hydrogens is 372 g/mol. The van der Waals surface area contributed by atoms with Gasteiger partial charge in [0.25, 0.3) is 11.6 Å². The molecule has 1 saturated heterocycles. The van der Waals surface area contributed by atoms with Gasteiger partial charge in [-0.05, 0) is 39.1 Å². The average molecular weight is 394 g/mol. The number of ether oxygens (including phenoxy) is 1. The number of carbonyl (C=O) groups is 2. The standard InChI is InChI=1S/C17H22N4O5S/c1-17(2,3)26-16(23)20-10-8-19(9-11-20)15(27)18-14(22)12-6-4-5-7-13(12)21(24)25/h4-7H,8-11H2,1-3H3,(H,18,22,27). The predicted molar refractivity (Wildman–Crippen MR) is 103 cm³/mol. The highest BCUT2D eigenvalue weighted by Gasteiger charge is 2.28. The van der Waals surface area contributed by atoms with Gasteiger partial charge in [0.1, 0.15) is 11.2 Å². The van der Waals surface area contributed by atoms with Crippen molar-refractivity contribution in [2.24, 2.45) is 0 Å². The van der Waals surface area contributed by atoms with Gasteiger partial charge in [-0.3, -0.25) is 20.2 Å². The van der Waals surface area contributed by atoms with Crippen molar-refractivity contribution < 1.29 is 19.2 Å². The van der Waals surface area contributed by atoms with Crippen molar-refractivity contribution in [2.45, 2.75) is 26.4 Å². The van der Waals surface area contributed by atoms with Crippen molar-refractivity contribution in [2.75, 3.05) is 26.2 Å². The third-order valence-corrected chi connectivity index (χ3v) is 4.14. The van der Waals surface area contributed by atoms with Crippen molar-refractivity contribution in [3.8, 4) is 0 Å². The maximum atomic E-state index is 12.3. The molecule has 0 atom stereocenters. The van der Waals surface area contributed by atoms with Gasteiger partial charge >= 0.3 is 6.09 Å². The highest BCUT2D eigenvalue weighted by molar-refractivity contribution is 7.80. The summed E-state index contributed by atoms with van der Waals surface area (Å²) >= 11 is 5.24. The Morgan fingerprint density at radius 2 is 1.70 bits per heavy atom. The molecule has 2 amide bonds. The number of thiocarbonyl (C=S) groups is 1. The first-order chi connectivity index (χ1) is 12.6. The number of hydrogen-bond donors (Lipinski definition) is 1. The Morgan fingerprint density at radius 1 is 1.15 bits per heavy atom. The van der Waals surface area contributed by atoms with E-state index in [0.717, 1.165) is 0 Å². The second kappa shape index (κ2) is 8.30. The lowest BCUT2D eigenvalue weighted by Crippen LogP contribution is -2.54. The van der Waals surface area contributed by atoms with Gasteiger partial charge in [0.2, 0.25) is 0 Å². The molecule has 2 rings (SSSR count). The van der Waals surface area contributed by atoms with E-state index < -0.39 is 22.5 Å². The maximum Gasteiger partial charge on any atom is 0.410 e. The van der Waals surface area contributed by atoms with Crippen LogP contribution in [0, 0.1) is 10.1 Å². The molecule has 1 N–H and O–H groups in total. The Labute approximate surface area is 162 Å². The lowest BCUT2D eigenvalue weighted by molar-refractivity contribution is -0.385. The van der Waals surface area contributed by atoms with E-state index in [1.54, 1.807) is 36.6 Å². The smallest absolute Gasteiger partial charge is 0.410 e. The van der Waals surface area contributed by atoms with Crippen LogP contribution in [0.5, 0.6) is 0 Å². The molecule has 0 unspecified atom stereocenters. The number of nitro groups is 1. The van der Waals surface area contributed by atoms with E-state index in [0.29, 0.717) is 26.2 Å². The lowest BCUT2D eigenvalue weighted by atomic mass is 10.1. The summed E-state index contributed by atoms with van der Waals surface area (Å²) < 4.78 is 5.33. The third kappa shape index (κ3) is 5.61. The van der Waals surface area contributed by atoms with Crippen molar-refractivity contribution >= 4 is 35.0 Å². The van der Waals surface area contributed by atoms with E-state index in [-0.39, 0.29) is 16.4 Å². The highest BCUT2D eigenvalue weighted by atomic mass is 32.1. The summed E-state index contributed by atoms with van der Waals surface area (Å²) in [5.41, 5.74) is -0.910. The number of rotatable bonds is 2. The van der Waals surface area contributed by atoms with Gasteiger partial charge in [-0.15, -0.1) is 0 Å². The highest BCUT2D eigenvalue weighted by Crippen LogP contribution is 2.17. The van der Waals surface area contributed by atoms with Crippen molar-refractivity contribution in [1.82, 2.24) is 15.1 Å². The largest absolute Gasteiger partial charge is 0.444 e. The molecule has 1 aliphatic heterocycles. The van der Waals surface area contributed by atoms with E-state index in [2.05, 4.69) is 5.32 Å². The summed E-state index contributed by atoms with van der Waals surface area (Å²) in [6.45, 7) is 7.05. The number of carbonyl (C=O) groups excluding carboxylic acids is 2. The average Bonchev–Trinajstić information content (AvgIpc) is 2.60. The Bertz CT molecular complexity index is 754. The molecule has 1 aliphatic rings. The van der Waals surface area contributed by atoms with E-state index in [4.69, 9.17) is 17.0 Å². The summed E-state index contributed by atoms with van der Waals surface area (Å²) in [5, 5.41) is 13.7. The van der Waals surface area contributed by atoms with Gasteiger partial charge in [0, 0.05) is 32.2 Å². The molecule has 146 valence electrons. The van der Waals surface area contributed by atoms with Gasteiger partial charge in [-0.2, -0.15) is 0 Å². The minimum atomic E-state index is -0.637. The van der Waals surface area contributed by atoms with Gasteiger partial charge in [-0.25, -0.2) is 4.79 Å². The van der Waals surface area contributed by atoms with Crippen LogP contribution < -0.4 is 5.32 Å². The molecule has 0 spiro atoms. The predicted octanol–water partition coefficient (Wildman–Crippen LogP) is 2.16. The van der Waals surface area contributed by atoms with Gasteiger partial charge in [0.05, 0.1) is 4.92 Å². The molecule has 9 nitrogen and oxygen atoms in total. The number of benzene rings is 1. The topological polar surface area (TPSA) is 105 Å². The number of para-hydroxylation sites is 1. The molecule has 10 heteroatoms. The Hall–Kier alpha value is -2.75. The van der Waals surface area contributed by atoms with Gasteiger partial charge in [-0.1, -0.05) is 12.1 Å².